The molecule has 4 N–H and O–H groups in total. The number of fused-ring (bicyclic) bond motifs is 1. The highest BCUT2D eigenvalue weighted by Gasteiger charge is 2.13. The molecule has 0 spiro atoms. The molecule has 5 heteroatoms. The van der Waals surface area contributed by atoms with E-state index >= 15 is 0 Å². The quantitative estimate of drug-likeness (QED) is 0.321. The Morgan fingerprint density at radius 3 is 2.94 bits per heavy atom. The summed E-state index contributed by atoms with van der Waals surface area (Å²) < 4.78 is 0. The molecule has 1 aromatic rings. The maximum atomic E-state index is 11.9. The first-order chi connectivity index (χ1) is 8.70. The van der Waals surface area contributed by atoms with Gasteiger partial charge in [-0.15, -0.1) is 0 Å². The van der Waals surface area contributed by atoms with Gasteiger partial charge in [-0.2, -0.15) is 0 Å². The summed E-state index contributed by atoms with van der Waals surface area (Å²) in [4.78, 5) is 11.9. The third-order valence-electron chi connectivity index (χ3n) is 3.16. The Labute approximate surface area is 106 Å². The van der Waals surface area contributed by atoms with Crippen LogP contribution in [0, 0.1) is 0 Å². The molecule has 1 amide bonds. The van der Waals surface area contributed by atoms with E-state index < -0.39 is 0 Å². The lowest BCUT2D eigenvalue weighted by Gasteiger charge is -2.06. The highest BCUT2D eigenvalue weighted by Crippen LogP contribution is 2.22. The number of hydrogen-bond donors (Lipinski definition) is 3. The molecule has 0 atom stereocenters. The fourth-order valence-corrected chi connectivity index (χ4v) is 2.17. The van der Waals surface area contributed by atoms with Crippen molar-refractivity contribution in [3.8, 4) is 0 Å². The summed E-state index contributed by atoms with van der Waals surface area (Å²) >= 11 is 0. The highest BCUT2D eigenvalue weighted by atomic mass is 16.4. The van der Waals surface area contributed by atoms with Crippen molar-refractivity contribution in [3.05, 3.63) is 34.9 Å². The zero-order valence-corrected chi connectivity index (χ0v) is 10.1. The normalized spacial score (nSPS) is 14.3. The van der Waals surface area contributed by atoms with Gasteiger partial charge in [0.15, 0.2) is 0 Å². The average Bonchev–Trinajstić information content (AvgIpc) is 2.85. The number of aryl methyl sites for hydroxylation is 2. The number of nitrogens with zero attached hydrogens (tertiary/aromatic N) is 1. The molecule has 0 fully saturated rings. The van der Waals surface area contributed by atoms with Crippen molar-refractivity contribution in [2.24, 2.45) is 10.9 Å². The number of amides is 1. The Morgan fingerprint density at radius 2 is 2.17 bits per heavy atom. The van der Waals surface area contributed by atoms with Crippen LogP contribution in [-0.2, 0) is 12.8 Å². The first-order valence-corrected chi connectivity index (χ1v) is 6.07. The largest absolute Gasteiger partial charge is 0.409 e. The van der Waals surface area contributed by atoms with Crippen LogP contribution in [0.4, 0.5) is 0 Å². The van der Waals surface area contributed by atoms with Gasteiger partial charge in [0.25, 0.3) is 5.91 Å². The summed E-state index contributed by atoms with van der Waals surface area (Å²) in [5, 5.41) is 14.0. The van der Waals surface area contributed by atoms with Crippen molar-refractivity contribution >= 4 is 11.7 Å². The van der Waals surface area contributed by atoms with E-state index in [0.29, 0.717) is 18.5 Å². The van der Waals surface area contributed by atoms with Gasteiger partial charge in [0.05, 0.1) is 0 Å². The van der Waals surface area contributed by atoms with Crippen molar-refractivity contribution in [1.29, 1.82) is 0 Å². The molecule has 1 aromatic carbocycles. The number of benzene rings is 1. The van der Waals surface area contributed by atoms with Crippen molar-refractivity contribution in [1.82, 2.24) is 5.32 Å². The van der Waals surface area contributed by atoms with Crippen LogP contribution < -0.4 is 11.1 Å². The number of hydrogen-bond acceptors (Lipinski definition) is 3. The molecule has 0 bridgehead atoms. The second-order valence-corrected chi connectivity index (χ2v) is 4.43. The fourth-order valence-electron chi connectivity index (χ4n) is 2.17. The molecule has 1 aliphatic rings. The lowest BCUT2D eigenvalue weighted by molar-refractivity contribution is 0.0954. The second kappa shape index (κ2) is 5.53. The zero-order chi connectivity index (χ0) is 13.0. The van der Waals surface area contributed by atoms with Crippen LogP contribution in [0.3, 0.4) is 0 Å². The van der Waals surface area contributed by atoms with E-state index in [-0.39, 0.29) is 11.7 Å². The van der Waals surface area contributed by atoms with Gasteiger partial charge in [0.1, 0.15) is 5.84 Å². The lowest BCUT2D eigenvalue weighted by atomic mass is 10.1. The number of oxime groups is 1. The molecule has 1 aliphatic carbocycles. The number of rotatable bonds is 4. The van der Waals surface area contributed by atoms with E-state index in [0.717, 1.165) is 12.8 Å². The molecule has 0 saturated carbocycles. The molecule has 5 nitrogen and oxygen atoms in total. The third kappa shape index (κ3) is 2.80. The SMILES string of the molecule is NC(CCNC(=O)c1ccc2c(c1)CCC2)=NO. The fraction of sp³-hybridized carbons (Fsp3) is 0.385. The summed E-state index contributed by atoms with van der Waals surface area (Å²) in [7, 11) is 0. The Kier molecular flexibility index (Phi) is 3.82. The monoisotopic (exact) mass is 247 g/mol. The number of carbonyl (C=O) groups excluding carboxylic acids is 1. The summed E-state index contributed by atoms with van der Waals surface area (Å²) in [6.45, 7) is 0.367. The molecule has 18 heavy (non-hydrogen) atoms. The molecular weight excluding hydrogens is 230 g/mol. The van der Waals surface area contributed by atoms with Gasteiger partial charge in [-0.05, 0) is 42.5 Å². The van der Waals surface area contributed by atoms with Crippen molar-refractivity contribution in [3.63, 3.8) is 0 Å². The van der Waals surface area contributed by atoms with Gasteiger partial charge >= 0.3 is 0 Å². The summed E-state index contributed by atoms with van der Waals surface area (Å²) in [5.74, 6) is -0.000284. The molecular formula is C13H17N3O2. The minimum absolute atomic E-state index is 0.115. The van der Waals surface area contributed by atoms with Crippen LogP contribution in [0.5, 0.6) is 0 Å². The molecule has 0 heterocycles. The number of nitrogens with one attached hydrogen (secondary N) is 1. The van der Waals surface area contributed by atoms with E-state index in [9.17, 15) is 4.79 Å². The van der Waals surface area contributed by atoms with E-state index in [1.54, 1.807) is 0 Å². The van der Waals surface area contributed by atoms with Gasteiger partial charge in [-0.1, -0.05) is 11.2 Å². The first-order valence-electron chi connectivity index (χ1n) is 6.07. The number of amidine groups is 1. The first kappa shape index (κ1) is 12.4. The van der Waals surface area contributed by atoms with E-state index in [1.807, 2.05) is 18.2 Å². The third-order valence-corrected chi connectivity index (χ3v) is 3.16. The molecule has 0 saturated heterocycles. The summed E-state index contributed by atoms with van der Waals surface area (Å²) in [6, 6.07) is 5.84. The van der Waals surface area contributed by atoms with Gasteiger partial charge < -0.3 is 16.3 Å². The minimum Gasteiger partial charge on any atom is -0.409 e. The van der Waals surface area contributed by atoms with Gasteiger partial charge in [0, 0.05) is 18.5 Å². The Hall–Kier alpha value is -2.04. The van der Waals surface area contributed by atoms with E-state index in [2.05, 4.69) is 10.5 Å². The van der Waals surface area contributed by atoms with E-state index in [1.165, 1.54) is 17.5 Å². The van der Waals surface area contributed by atoms with Crippen molar-refractivity contribution in [2.45, 2.75) is 25.7 Å². The molecule has 96 valence electrons. The standard InChI is InChI=1S/C13H17N3O2/c14-12(16-18)6-7-15-13(17)11-5-4-9-2-1-3-10(9)8-11/h4-5,8,18H,1-3,6-7H2,(H2,14,16)(H,15,17). The van der Waals surface area contributed by atoms with Crippen LogP contribution >= 0.6 is 0 Å². The average molecular weight is 247 g/mol. The van der Waals surface area contributed by atoms with Gasteiger partial charge in [-0.25, -0.2) is 0 Å². The number of carbonyl (C=O) groups is 1. The molecule has 0 unspecified atom stereocenters. The predicted octanol–water partition coefficient (Wildman–Crippen LogP) is 1.04. The topological polar surface area (TPSA) is 87.7 Å². The minimum atomic E-state index is -0.115. The molecule has 2 rings (SSSR count). The Balaban J connectivity index is 1.93. The van der Waals surface area contributed by atoms with Crippen LogP contribution in [0.15, 0.2) is 23.4 Å². The summed E-state index contributed by atoms with van der Waals surface area (Å²) in [6.07, 6.45) is 3.68. The lowest BCUT2D eigenvalue weighted by Crippen LogP contribution is -2.28. The van der Waals surface area contributed by atoms with Crippen LogP contribution in [-0.4, -0.2) is 23.5 Å². The molecule has 0 radical (unpaired) electrons. The highest BCUT2D eigenvalue weighted by molar-refractivity contribution is 5.94. The zero-order valence-electron chi connectivity index (χ0n) is 10.1. The van der Waals surface area contributed by atoms with Crippen molar-refractivity contribution < 1.29 is 10.0 Å². The van der Waals surface area contributed by atoms with Crippen molar-refractivity contribution in [2.75, 3.05) is 6.54 Å². The van der Waals surface area contributed by atoms with E-state index in [4.69, 9.17) is 10.9 Å². The van der Waals surface area contributed by atoms with Crippen LogP contribution in [0.2, 0.25) is 0 Å². The van der Waals surface area contributed by atoms with Crippen LogP contribution in [0.1, 0.15) is 34.3 Å². The molecule has 0 aliphatic heterocycles. The molecule has 0 aromatic heterocycles. The summed E-state index contributed by atoms with van der Waals surface area (Å²) in [5.41, 5.74) is 8.62. The number of nitrogens with two attached hydrogens (primary N) is 1. The Bertz CT molecular complexity index is 483. The van der Waals surface area contributed by atoms with Gasteiger partial charge in [0.2, 0.25) is 0 Å². The predicted molar refractivity (Wildman–Crippen MR) is 68.8 cm³/mol. The smallest absolute Gasteiger partial charge is 0.251 e. The Morgan fingerprint density at radius 1 is 1.39 bits per heavy atom. The maximum Gasteiger partial charge on any atom is 0.251 e. The second-order valence-electron chi connectivity index (χ2n) is 4.43. The van der Waals surface area contributed by atoms with Crippen LogP contribution in [0.25, 0.3) is 0 Å². The van der Waals surface area contributed by atoms with Gasteiger partial charge in [-0.3, -0.25) is 4.79 Å². The maximum absolute atomic E-state index is 11.9.